The number of fused-ring (bicyclic) bond motifs is 1. The summed E-state index contributed by atoms with van der Waals surface area (Å²) in [4.78, 5) is 8.89. The number of pyridine rings is 1. The third-order valence-corrected chi connectivity index (χ3v) is 4.65. The minimum Gasteiger partial charge on any atom is -0.490 e. The highest BCUT2D eigenvalue weighted by Gasteiger charge is 2.11. The number of benzene rings is 1. The van der Waals surface area contributed by atoms with Crippen LogP contribution in [0.4, 0.5) is 5.69 Å². The van der Waals surface area contributed by atoms with E-state index in [1.165, 1.54) is 0 Å². The molecule has 9 heteroatoms. The Morgan fingerprint density at radius 1 is 1.15 bits per heavy atom. The highest BCUT2D eigenvalue weighted by Crippen LogP contribution is 2.32. The lowest BCUT2D eigenvalue weighted by Gasteiger charge is -2.15. The van der Waals surface area contributed by atoms with Crippen LogP contribution in [0.25, 0.3) is 0 Å². The minimum atomic E-state index is 0. The van der Waals surface area contributed by atoms with Gasteiger partial charge in [-0.05, 0) is 36.1 Å². The molecular weight excluding hydrogens is 535 g/mol. The molecule has 2 N–H and O–H groups in total. The number of ether oxygens (including phenoxy) is 4. The molecule has 0 amide bonds. The van der Waals surface area contributed by atoms with E-state index in [-0.39, 0.29) is 24.0 Å². The Morgan fingerprint density at radius 2 is 1.97 bits per heavy atom. The number of nitrogens with one attached hydrogen (secondary N) is 2. The van der Waals surface area contributed by atoms with Crippen molar-refractivity contribution in [1.82, 2.24) is 10.3 Å². The van der Waals surface area contributed by atoms with Crippen LogP contribution in [0.3, 0.4) is 0 Å². The Labute approximate surface area is 213 Å². The first-order valence-electron chi connectivity index (χ1n) is 11.2. The van der Waals surface area contributed by atoms with E-state index in [1.54, 1.807) is 13.3 Å². The van der Waals surface area contributed by atoms with Crippen LogP contribution in [0, 0.1) is 5.92 Å². The maximum Gasteiger partial charge on any atom is 0.213 e. The fourth-order valence-corrected chi connectivity index (χ4v) is 3.05. The molecule has 1 aliphatic heterocycles. The van der Waals surface area contributed by atoms with Crippen molar-refractivity contribution in [1.29, 1.82) is 0 Å². The Bertz CT molecular complexity index is 879. The molecule has 0 spiro atoms. The monoisotopic (exact) mass is 570 g/mol. The lowest BCUT2D eigenvalue weighted by atomic mass is 10.2. The fraction of sp³-hybridized carbons (Fsp3) is 0.500. The zero-order valence-corrected chi connectivity index (χ0v) is 22.0. The van der Waals surface area contributed by atoms with Gasteiger partial charge in [0.2, 0.25) is 5.88 Å². The summed E-state index contributed by atoms with van der Waals surface area (Å²) in [6.07, 6.45) is 3.48. The van der Waals surface area contributed by atoms with Gasteiger partial charge in [-0.3, -0.25) is 0 Å². The van der Waals surface area contributed by atoms with Gasteiger partial charge < -0.3 is 29.6 Å². The predicted octanol–water partition coefficient (Wildman–Crippen LogP) is 4.49. The molecule has 0 radical (unpaired) electrons. The second-order valence-electron chi connectivity index (χ2n) is 7.96. The quantitative estimate of drug-likeness (QED) is 0.189. The van der Waals surface area contributed by atoms with Crippen molar-refractivity contribution in [3.05, 3.63) is 42.1 Å². The lowest BCUT2D eigenvalue weighted by molar-refractivity contribution is 0.108. The largest absolute Gasteiger partial charge is 0.490 e. The number of hydrogen-bond acceptors (Lipinski definition) is 6. The molecule has 2 heterocycles. The third-order valence-electron chi connectivity index (χ3n) is 4.65. The number of halogens is 1. The van der Waals surface area contributed by atoms with Crippen molar-refractivity contribution in [3.8, 4) is 17.4 Å². The Hall–Kier alpha value is -2.27. The number of aromatic nitrogens is 1. The van der Waals surface area contributed by atoms with E-state index in [2.05, 4.69) is 29.5 Å². The van der Waals surface area contributed by atoms with Crippen molar-refractivity contribution in [2.24, 2.45) is 10.9 Å². The molecule has 0 saturated heterocycles. The van der Waals surface area contributed by atoms with Crippen molar-refractivity contribution < 1.29 is 18.9 Å². The number of anilines is 1. The van der Waals surface area contributed by atoms with Gasteiger partial charge in [-0.15, -0.1) is 24.0 Å². The standard InChI is InChI=1S/C24H34N4O4.HI/c1-18(2)17-30-11-4-9-26-24(27-16-19-8-10-25-23(14-19)29-3)28-20-6-7-21-22(15-20)32-13-5-12-31-21;/h6-8,10,14-15,18H,4-5,9,11-13,16-17H2,1-3H3,(H2,26,27,28);1H. The van der Waals surface area contributed by atoms with Gasteiger partial charge in [0.15, 0.2) is 17.5 Å². The molecule has 0 saturated carbocycles. The van der Waals surface area contributed by atoms with Gasteiger partial charge in [-0.25, -0.2) is 9.98 Å². The summed E-state index contributed by atoms with van der Waals surface area (Å²) in [5.74, 6) is 3.31. The highest BCUT2D eigenvalue weighted by atomic mass is 127. The zero-order valence-electron chi connectivity index (χ0n) is 19.6. The number of guanidine groups is 1. The maximum absolute atomic E-state index is 5.81. The minimum absolute atomic E-state index is 0. The molecule has 3 rings (SSSR count). The molecule has 1 aromatic carbocycles. The second kappa shape index (κ2) is 14.8. The van der Waals surface area contributed by atoms with Gasteiger partial charge in [0.05, 0.1) is 26.9 Å². The molecule has 0 atom stereocenters. The van der Waals surface area contributed by atoms with E-state index in [9.17, 15) is 0 Å². The van der Waals surface area contributed by atoms with Crippen LogP contribution in [-0.2, 0) is 11.3 Å². The summed E-state index contributed by atoms with van der Waals surface area (Å²) < 4.78 is 22.4. The summed E-state index contributed by atoms with van der Waals surface area (Å²) in [6, 6.07) is 9.64. The number of aliphatic imine (C=N–C) groups is 1. The topological polar surface area (TPSA) is 86.2 Å². The number of hydrogen-bond donors (Lipinski definition) is 2. The number of methoxy groups -OCH3 is 1. The number of nitrogens with zero attached hydrogens (tertiary/aromatic N) is 2. The van der Waals surface area contributed by atoms with E-state index in [0.29, 0.717) is 44.1 Å². The van der Waals surface area contributed by atoms with Crippen molar-refractivity contribution in [3.63, 3.8) is 0 Å². The normalized spacial score (nSPS) is 13.2. The molecule has 8 nitrogen and oxygen atoms in total. The molecule has 33 heavy (non-hydrogen) atoms. The molecular formula is C24H35IN4O4. The van der Waals surface area contributed by atoms with Crippen LogP contribution in [0.15, 0.2) is 41.5 Å². The van der Waals surface area contributed by atoms with Gasteiger partial charge in [0.25, 0.3) is 0 Å². The van der Waals surface area contributed by atoms with E-state index < -0.39 is 0 Å². The van der Waals surface area contributed by atoms with Gasteiger partial charge in [-0.2, -0.15) is 0 Å². The van der Waals surface area contributed by atoms with Gasteiger partial charge in [0.1, 0.15) is 0 Å². The first kappa shape index (κ1) is 27.0. The molecule has 0 aliphatic carbocycles. The van der Waals surface area contributed by atoms with Crippen molar-refractivity contribution in [2.75, 3.05) is 45.4 Å². The Morgan fingerprint density at radius 3 is 2.76 bits per heavy atom. The van der Waals surface area contributed by atoms with E-state index in [4.69, 9.17) is 23.9 Å². The van der Waals surface area contributed by atoms with E-state index >= 15 is 0 Å². The third kappa shape index (κ3) is 9.63. The van der Waals surface area contributed by atoms with E-state index in [0.717, 1.165) is 48.7 Å². The summed E-state index contributed by atoms with van der Waals surface area (Å²) >= 11 is 0. The molecule has 182 valence electrons. The predicted molar refractivity (Wildman–Crippen MR) is 141 cm³/mol. The summed E-state index contributed by atoms with van der Waals surface area (Å²) in [5, 5.41) is 6.76. The zero-order chi connectivity index (χ0) is 22.6. The second-order valence-corrected chi connectivity index (χ2v) is 7.96. The van der Waals surface area contributed by atoms with Crippen LogP contribution in [-0.4, -0.2) is 51.0 Å². The van der Waals surface area contributed by atoms with Crippen LogP contribution < -0.4 is 24.8 Å². The van der Waals surface area contributed by atoms with Gasteiger partial charge in [-0.1, -0.05) is 13.8 Å². The average molecular weight is 570 g/mol. The molecule has 2 aromatic rings. The first-order chi connectivity index (χ1) is 15.6. The molecule has 1 aliphatic rings. The fourth-order valence-electron chi connectivity index (χ4n) is 3.05. The Balaban J connectivity index is 0.00000385. The van der Waals surface area contributed by atoms with Crippen LogP contribution in [0.1, 0.15) is 32.3 Å². The molecule has 0 fully saturated rings. The maximum atomic E-state index is 5.81. The average Bonchev–Trinajstić information content (AvgIpc) is 3.04. The summed E-state index contributed by atoms with van der Waals surface area (Å²) in [5.41, 5.74) is 1.89. The lowest BCUT2D eigenvalue weighted by Crippen LogP contribution is -2.32. The van der Waals surface area contributed by atoms with Crippen LogP contribution >= 0.6 is 24.0 Å². The van der Waals surface area contributed by atoms with Crippen molar-refractivity contribution in [2.45, 2.75) is 33.2 Å². The summed E-state index contributed by atoms with van der Waals surface area (Å²) in [6.45, 7) is 8.34. The highest BCUT2D eigenvalue weighted by molar-refractivity contribution is 14.0. The molecule has 0 unspecified atom stereocenters. The van der Waals surface area contributed by atoms with E-state index in [1.807, 2.05) is 30.3 Å². The molecule has 0 bridgehead atoms. The van der Waals surface area contributed by atoms with Crippen LogP contribution in [0.5, 0.6) is 17.4 Å². The SMILES string of the molecule is COc1cc(CN=C(NCCCOCC(C)C)Nc2ccc3c(c2)OCCCO3)ccn1.I. The van der Waals surface area contributed by atoms with Crippen molar-refractivity contribution >= 4 is 35.6 Å². The van der Waals surface area contributed by atoms with Crippen LogP contribution in [0.2, 0.25) is 0 Å². The summed E-state index contributed by atoms with van der Waals surface area (Å²) in [7, 11) is 1.61. The van der Waals surface area contributed by atoms with Gasteiger partial charge in [0, 0.05) is 50.2 Å². The molecule has 1 aromatic heterocycles. The Kier molecular flexibility index (Phi) is 12.1. The first-order valence-corrected chi connectivity index (χ1v) is 11.2. The smallest absolute Gasteiger partial charge is 0.213 e. The van der Waals surface area contributed by atoms with Gasteiger partial charge >= 0.3 is 0 Å². The number of rotatable bonds is 10.